The third-order valence-corrected chi connectivity index (χ3v) is 6.29. The number of amides is 1. The summed E-state index contributed by atoms with van der Waals surface area (Å²) in [4.78, 5) is 12.4. The molecule has 33 heavy (non-hydrogen) atoms. The van der Waals surface area contributed by atoms with E-state index in [-0.39, 0.29) is 10.8 Å². The molecule has 8 heteroatoms. The highest BCUT2D eigenvalue weighted by atomic mass is 32.2. The molecule has 0 aliphatic rings. The Morgan fingerprint density at radius 1 is 0.909 bits per heavy atom. The van der Waals surface area contributed by atoms with Gasteiger partial charge in [0.15, 0.2) is 11.5 Å². The van der Waals surface area contributed by atoms with Gasteiger partial charge in [0.2, 0.25) is 15.9 Å². The van der Waals surface area contributed by atoms with E-state index in [1.54, 1.807) is 50.6 Å². The van der Waals surface area contributed by atoms with E-state index in [1.807, 2.05) is 30.3 Å². The second-order valence-corrected chi connectivity index (χ2v) is 8.86. The Bertz CT molecular complexity index is 1210. The standard InChI is InChI=1S/C25H26N2O5S/c1-31-23-14-8-20(18-24(23)32-2)9-15-25(28)27-21-10-12-22(13-11-21)33(29,30)26-17-16-19-6-4-3-5-7-19/h3-15,18,26H,16-17H2,1-2H3,(H,27,28). The van der Waals surface area contributed by atoms with Gasteiger partial charge in [-0.25, -0.2) is 13.1 Å². The van der Waals surface area contributed by atoms with E-state index in [1.165, 1.54) is 18.2 Å². The van der Waals surface area contributed by atoms with Crippen molar-refractivity contribution < 1.29 is 22.7 Å². The first-order valence-corrected chi connectivity index (χ1v) is 11.7. The van der Waals surface area contributed by atoms with E-state index in [2.05, 4.69) is 10.0 Å². The normalized spacial score (nSPS) is 11.3. The summed E-state index contributed by atoms with van der Waals surface area (Å²) >= 11 is 0. The number of anilines is 1. The van der Waals surface area contributed by atoms with E-state index in [9.17, 15) is 13.2 Å². The molecular weight excluding hydrogens is 440 g/mol. The lowest BCUT2D eigenvalue weighted by Crippen LogP contribution is -2.26. The molecule has 3 rings (SSSR count). The van der Waals surface area contributed by atoms with Crippen LogP contribution in [0.3, 0.4) is 0 Å². The van der Waals surface area contributed by atoms with Crippen LogP contribution in [0.1, 0.15) is 11.1 Å². The minimum atomic E-state index is -3.63. The summed E-state index contributed by atoms with van der Waals surface area (Å²) in [6.07, 6.45) is 3.63. The summed E-state index contributed by atoms with van der Waals surface area (Å²) in [5.74, 6) is 0.819. The first-order chi connectivity index (χ1) is 15.9. The third kappa shape index (κ3) is 6.93. The second kappa shape index (κ2) is 11.3. The molecule has 0 fully saturated rings. The first-order valence-electron chi connectivity index (χ1n) is 10.3. The van der Waals surface area contributed by atoms with Crippen molar-refractivity contribution in [2.45, 2.75) is 11.3 Å². The third-order valence-electron chi connectivity index (χ3n) is 4.82. The van der Waals surface area contributed by atoms with E-state index < -0.39 is 10.0 Å². The topological polar surface area (TPSA) is 93.7 Å². The second-order valence-electron chi connectivity index (χ2n) is 7.09. The minimum absolute atomic E-state index is 0.134. The van der Waals surface area contributed by atoms with Crippen molar-refractivity contribution in [3.8, 4) is 11.5 Å². The van der Waals surface area contributed by atoms with Gasteiger partial charge in [-0.15, -0.1) is 0 Å². The minimum Gasteiger partial charge on any atom is -0.493 e. The average Bonchev–Trinajstić information content (AvgIpc) is 2.83. The summed E-state index contributed by atoms with van der Waals surface area (Å²) in [6.45, 7) is 0.297. The van der Waals surface area contributed by atoms with Crippen LogP contribution < -0.4 is 19.5 Å². The predicted molar refractivity (Wildman–Crippen MR) is 129 cm³/mol. The molecule has 172 valence electrons. The highest BCUT2D eigenvalue weighted by Gasteiger charge is 2.13. The summed E-state index contributed by atoms with van der Waals surface area (Å²) in [7, 11) is -0.537. The fraction of sp³-hybridized carbons (Fsp3) is 0.160. The zero-order chi connectivity index (χ0) is 23.7. The molecule has 0 aromatic heterocycles. The van der Waals surface area contributed by atoms with Crippen LogP contribution in [0.2, 0.25) is 0 Å². The van der Waals surface area contributed by atoms with Gasteiger partial charge >= 0.3 is 0 Å². The van der Waals surface area contributed by atoms with Crippen molar-refractivity contribution >= 4 is 27.7 Å². The van der Waals surface area contributed by atoms with Crippen molar-refractivity contribution in [3.05, 3.63) is 90.0 Å². The smallest absolute Gasteiger partial charge is 0.248 e. The van der Waals surface area contributed by atoms with E-state index in [0.717, 1.165) is 11.1 Å². The van der Waals surface area contributed by atoms with E-state index in [0.29, 0.717) is 30.2 Å². The van der Waals surface area contributed by atoms with Crippen molar-refractivity contribution in [3.63, 3.8) is 0 Å². The van der Waals surface area contributed by atoms with Crippen LogP contribution in [0, 0.1) is 0 Å². The number of hydrogen-bond acceptors (Lipinski definition) is 5. The molecule has 7 nitrogen and oxygen atoms in total. The van der Waals surface area contributed by atoms with Crippen LogP contribution in [0.4, 0.5) is 5.69 Å². The molecule has 0 saturated carbocycles. The number of benzene rings is 3. The van der Waals surface area contributed by atoms with Gasteiger partial charge in [0.05, 0.1) is 19.1 Å². The molecule has 0 saturated heterocycles. The molecule has 0 atom stereocenters. The SMILES string of the molecule is COc1ccc(C=CC(=O)Nc2ccc(S(=O)(=O)NCCc3ccccc3)cc2)cc1OC. The van der Waals surface area contributed by atoms with Gasteiger partial charge in [0, 0.05) is 18.3 Å². The van der Waals surface area contributed by atoms with Crippen LogP contribution in [0.15, 0.2) is 83.8 Å². The fourth-order valence-electron chi connectivity index (χ4n) is 3.09. The maximum Gasteiger partial charge on any atom is 0.248 e. The van der Waals surface area contributed by atoms with Crippen molar-refractivity contribution in [2.24, 2.45) is 0 Å². The number of sulfonamides is 1. The Morgan fingerprint density at radius 2 is 1.61 bits per heavy atom. The van der Waals surface area contributed by atoms with E-state index in [4.69, 9.17) is 9.47 Å². The van der Waals surface area contributed by atoms with Crippen LogP contribution >= 0.6 is 0 Å². The largest absolute Gasteiger partial charge is 0.493 e. The maximum atomic E-state index is 12.5. The van der Waals surface area contributed by atoms with Gasteiger partial charge in [-0.1, -0.05) is 36.4 Å². The highest BCUT2D eigenvalue weighted by Crippen LogP contribution is 2.28. The number of nitrogens with one attached hydrogen (secondary N) is 2. The van der Waals surface area contributed by atoms with Crippen LogP contribution in [0.5, 0.6) is 11.5 Å². The molecule has 0 heterocycles. The lowest BCUT2D eigenvalue weighted by molar-refractivity contribution is -0.111. The highest BCUT2D eigenvalue weighted by molar-refractivity contribution is 7.89. The molecule has 1 amide bonds. The molecule has 0 aliphatic carbocycles. The number of carbonyl (C=O) groups excluding carboxylic acids is 1. The van der Waals surface area contributed by atoms with Gasteiger partial charge in [0.25, 0.3) is 0 Å². The first kappa shape index (κ1) is 24.0. The van der Waals surface area contributed by atoms with Gasteiger partial charge in [-0.2, -0.15) is 0 Å². The number of hydrogen-bond donors (Lipinski definition) is 2. The van der Waals surface area contributed by atoms with Gasteiger partial charge in [-0.05, 0) is 60.0 Å². The average molecular weight is 467 g/mol. The monoisotopic (exact) mass is 466 g/mol. The fourth-order valence-corrected chi connectivity index (χ4v) is 4.12. The summed E-state index contributed by atoms with van der Waals surface area (Å²) in [5, 5.41) is 2.71. The van der Waals surface area contributed by atoms with Gasteiger partial charge in [0.1, 0.15) is 0 Å². The molecule has 3 aromatic carbocycles. The quantitative estimate of drug-likeness (QED) is 0.443. The maximum absolute atomic E-state index is 12.5. The molecule has 0 radical (unpaired) electrons. The summed E-state index contributed by atoms with van der Waals surface area (Å²) < 4.78 is 38.0. The summed E-state index contributed by atoms with van der Waals surface area (Å²) in [6, 6.07) is 21.0. The van der Waals surface area contributed by atoms with Crippen LogP contribution in [-0.2, 0) is 21.2 Å². The Hall–Kier alpha value is -3.62. The predicted octanol–water partition coefficient (Wildman–Crippen LogP) is 3.88. The Balaban J connectivity index is 1.56. The number of methoxy groups -OCH3 is 2. The zero-order valence-corrected chi connectivity index (χ0v) is 19.3. The molecule has 0 spiro atoms. The molecule has 3 aromatic rings. The van der Waals surface area contributed by atoms with Crippen molar-refractivity contribution in [1.29, 1.82) is 0 Å². The molecular formula is C25H26N2O5S. The van der Waals surface area contributed by atoms with E-state index >= 15 is 0 Å². The van der Waals surface area contributed by atoms with Gasteiger partial charge < -0.3 is 14.8 Å². The summed E-state index contributed by atoms with van der Waals surface area (Å²) in [5.41, 5.74) is 2.31. The number of rotatable bonds is 10. The molecule has 0 aliphatic heterocycles. The Morgan fingerprint density at radius 3 is 2.27 bits per heavy atom. The molecule has 0 bridgehead atoms. The van der Waals surface area contributed by atoms with Crippen LogP contribution in [0.25, 0.3) is 6.08 Å². The lowest BCUT2D eigenvalue weighted by Gasteiger charge is -2.08. The number of carbonyl (C=O) groups is 1. The Kier molecular flexibility index (Phi) is 8.23. The molecule has 2 N–H and O–H groups in total. The zero-order valence-electron chi connectivity index (χ0n) is 18.4. The number of ether oxygens (including phenoxy) is 2. The molecule has 0 unspecified atom stereocenters. The van der Waals surface area contributed by atoms with Gasteiger partial charge in [-0.3, -0.25) is 4.79 Å². The van der Waals surface area contributed by atoms with Crippen molar-refractivity contribution in [1.82, 2.24) is 4.72 Å². The Labute approximate surface area is 194 Å². The van der Waals surface area contributed by atoms with Crippen LogP contribution in [-0.4, -0.2) is 35.1 Å². The lowest BCUT2D eigenvalue weighted by atomic mass is 10.2. The van der Waals surface area contributed by atoms with Crippen molar-refractivity contribution in [2.75, 3.05) is 26.1 Å².